The minimum atomic E-state index is -0.332. The second kappa shape index (κ2) is 8.12. The van der Waals surface area contributed by atoms with Crippen molar-refractivity contribution in [1.29, 1.82) is 0 Å². The molecule has 23 heavy (non-hydrogen) atoms. The standard InChI is InChI=1S/C17H21N3O3/c1-3-23-16(21)9-6-14-4-7-15(8-5-14)19-17(22)13(2)20-11-10-18-12-20/h4-5,7-8,10-13H,3,6,9H2,1-2H3,(H,19,22)/t13-/m0/s1. The number of aromatic nitrogens is 2. The number of anilines is 1. The second-order valence-electron chi connectivity index (χ2n) is 5.18. The Balaban J connectivity index is 1.87. The summed E-state index contributed by atoms with van der Waals surface area (Å²) >= 11 is 0. The number of nitrogens with zero attached hydrogens (tertiary/aromatic N) is 2. The van der Waals surface area contributed by atoms with E-state index in [1.807, 2.05) is 31.2 Å². The Hall–Kier alpha value is -2.63. The quantitative estimate of drug-likeness (QED) is 0.797. The van der Waals surface area contributed by atoms with E-state index in [1.165, 1.54) is 0 Å². The molecule has 122 valence electrons. The number of nitrogens with one attached hydrogen (secondary N) is 1. The number of ether oxygens (including phenoxy) is 1. The van der Waals surface area contributed by atoms with Gasteiger partial charge in [0.15, 0.2) is 0 Å². The van der Waals surface area contributed by atoms with Gasteiger partial charge in [-0.15, -0.1) is 0 Å². The molecule has 1 aromatic carbocycles. The van der Waals surface area contributed by atoms with Crippen LogP contribution < -0.4 is 5.32 Å². The Kier molecular flexibility index (Phi) is 5.91. The molecule has 1 atom stereocenters. The average molecular weight is 315 g/mol. The number of esters is 1. The van der Waals surface area contributed by atoms with E-state index in [1.54, 1.807) is 30.2 Å². The summed E-state index contributed by atoms with van der Waals surface area (Å²) in [4.78, 5) is 27.4. The summed E-state index contributed by atoms with van der Waals surface area (Å²) < 4.78 is 6.64. The Bertz CT molecular complexity index is 636. The molecule has 2 rings (SSSR count). The van der Waals surface area contributed by atoms with Crippen molar-refractivity contribution < 1.29 is 14.3 Å². The van der Waals surface area contributed by atoms with Crippen LogP contribution in [0.15, 0.2) is 43.0 Å². The van der Waals surface area contributed by atoms with Gasteiger partial charge in [-0.1, -0.05) is 12.1 Å². The van der Waals surface area contributed by atoms with Gasteiger partial charge in [0.1, 0.15) is 6.04 Å². The van der Waals surface area contributed by atoms with Crippen LogP contribution in [-0.4, -0.2) is 28.0 Å². The second-order valence-corrected chi connectivity index (χ2v) is 5.18. The first-order valence-corrected chi connectivity index (χ1v) is 7.63. The molecule has 0 fully saturated rings. The Labute approximate surface area is 135 Å². The predicted molar refractivity (Wildman–Crippen MR) is 87.0 cm³/mol. The number of rotatable bonds is 7. The molecule has 1 aromatic heterocycles. The van der Waals surface area contributed by atoms with Gasteiger partial charge in [-0.3, -0.25) is 9.59 Å². The number of amides is 1. The van der Waals surface area contributed by atoms with E-state index in [2.05, 4.69) is 10.3 Å². The number of benzene rings is 1. The van der Waals surface area contributed by atoms with Gasteiger partial charge in [0.25, 0.3) is 0 Å². The molecule has 0 saturated heterocycles. The molecule has 0 aliphatic carbocycles. The summed E-state index contributed by atoms with van der Waals surface area (Å²) in [6.07, 6.45) is 5.99. The van der Waals surface area contributed by atoms with E-state index in [0.29, 0.717) is 19.4 Å². The van der Waals surface area contributed by atoms with Crippen LogP contribution in [0.5, 0.6) is 0 Å². The van der Waals surface area contributed by atoms with Gasteiger partial charge in [0.2, 0.25) is 5.91 Å². The highest BCUT2D eigenvalue weighted by molar-refractivity contribution is 5.93. The molecule has 0 radical (unpaired) electrons. The van der Waals surface area contributed by atoms with Crippen molar-refractivity contribution in [3.63, 3.8) is 0 Å². The molecule has 0 unspecified atom stereocenters. The maximum Gasteiger partial charge on any atom is 0.306 e. The zero-order chi connectivity index (χ0) is 16.7. The number of carbonyl (C=O) groups excluding carboxylic acids is 2. The van der Waals surface area contributed by atoms with Crippen LogP contribution in [-0.2, 0) is 20.7 Å². The van der Waals surface area contributed by atoms with Gasteiger partial charge < -0.3 is 14.6 Å². The lowest BCUT2D eigenvalue weighted by molar-refractivity contribution is -0.143. The Morgan fingerprint density at radius 1 is 1.30 bits per heavy atom. The monoisotopic (exact) mass is 315 g/mol. The van der Waals surface area contributed by atoms with Crippen LogP contribution in [0.25, 0.3) is 0 Å². The summed E-state index contributed by atoms with van der Waals surface area (Å²) in [5.74, 6) is -0.304. The topological polar surface area (TPSA) is 73.2 Å². The van der Waals surface area contributed by atoms with Crippen molar-refractivity contribution in [2.45, 2.75) is 32.7 Å². The van der Waals surface area contributed by atoms with Crippen LogP contribution in [0.4, 0.5) is 5.69 Å². The maximum atomic E-state index is 12.2. The fourth-order valence-corrected chi connectivity index (χ4v) is 2.11. The smallest absolute Gasteiger partial charge is 0.306 e. The van der Waals surface area contributed by atoms with Gasteiger partial charge in [-0.05, 0) is 38.0 Å². The largest absolute Gasteiger partial charge is 0.466 e. The van der Waals surface area contributed by atoms with Gasteiger partial charge in [0, 0.05) is 24.5 Å². The average Bonchev–Trinajstić information content (AvgIpc) is 3.08. The van der Waals surface area contributed by atoms with Gasteiger partial charge in [0.05, 0.1) is 12.9 Å². The molecule has 0 spiro atoms. The first-order valence-electron chi connectivity index (χ1n) is 7.63. The lowest BCUT2D eigenvalue weighted by atomic mass is 10.1. The lowest BCUT2D eigenvalue weighted by Gasteiger charge is -2.13. The molecular formula is C17H21N3O3. The molecule has 0 aliphatic rings. The molecule has 6 nitrogen and oxygen atoms in total. The first kappa shape index (κ1) is 16.7. The van der Waals surface area contributed by atoms with Gasteiger partial charge in [-0.2, -0.15) is 0 Å². The first-order chi connectivity index (χ1) is 11.1. The van der Waals surface area contributed by atoms with Crippen molar-refractivity contribution in [3.8, 4) is 0 Å². The molecule has 1 N–H and O–H groups in total. The van der Waals surface area contributed by atoms with Gasteiger partial charge >= 0.3 is 5.97 Å². The molecule has 6 heteroatoms. The Morgan fingerprint density at radius 3 is 2.65 bits per heavy atom. The van der Waals surface area contributed by atoms with E-state index in [9.17, 15) is 9.59 Å². The van der Waals surface area contributed by atoms with Crippen LogP contribution in [0.2, 0.25) is 0 Å². The van der Waals surface area contributed by atoms with Crippen LogP contribution >= 0.6 is 0 Å². The highest BCUT2D eigenvalue weighted by Crippen LogP contribution is 2.14. The zero-order valence-electron chi connectivity index (χ0n) is 13.4. The van der Waals surface area contributed by atoms with Crippen LogP contribution in [0, 0.1) is 0 Å². The minimum absolute atomic E-state index is 0.109. The molecule has 0 bridgehead atoms. The third-order valence-corrected chi connectivity index (χ3v) is 3.50. The van der Waals surface area contributed by atoms with E-state index in [4.69, 9.17) is 4.74 Å². The summed E-state index contributed by atoms with van der Waals surface area (Å²) in [5.41, 5.74) is 1.75. The lowest BCUT2D eigenvalue weighted by Crippen LogP contribution is -2.22. The highest BCUT2D eigenvalue weighted by Gasteiger charge is 2.14. The summed E-state index contributed by atoms with van der Waals surface area (Å²) in [7, 11) is 0. The molecule has 0 aliphatic heterocycles. The van der Waals surface area contributed by atoms with E-state index in [0.717, 1.165) is 11.3 Å². The Morgan fingerprint density at radius 2 is 2.04 bits per heavy atom. The highest BCUT2D eigenvalue weighted by atomic mass is 16.5. The van der Waals surface area contributed by atoms with E-state index < -0.39 is 0 Å². The van der Waals surface area contributed by atoms with E-state index >= 15 is 0 Å². The van der Waals surface area contributed by atoms with Crippen molar-refractivity contribution in [3.05, 3.63) is 48.5 Å². The SMILES string of the molecule is CCOC(=O)CCc1ccc(NC(=O)[C@H](C)n2ccnc2)cc1. The molecule has 1 amide bonds. The molecule has 0 saturated carbocycles. The third kappa shape index (κ3) is 4.95. The normalized spacial score (nSPS) is 11.7. The van der Waals surface area contributed by atoms with Crippen LogP contribution in [0.1, 0.15) is 31.9 Å². The van der Waals surface area contributed by atoms with Crippen molar-refractivity contribution in [2.24, 2.45) is 0 Å². The summed E-state index contributed by atoms with van der Waals surface area (Å²) in [6, 6.07) is 7.13. The van der Waals surface area contributed by atoms with Crippen molar-refractivity contribution in [2.75, 3.05) is 11.9 Å². The predicted octanol–water partition coefficient (Wildman–Crippen LogP) is 2.58. The van der Waals surface area contributed by atoms with Crippen LogP contribution in [0.3, 0.4) is 0 Å². The molecule has 2 aromatic rings. The summed E-state index contributed by atoms with van der Waals surface area (Å²) in [6.45, 7) is 4.00. The van der Waals surface area contributed by atoms with E-state index in [-0.39, 0.29) is 17.9 Å². The fourth-order valence-electron chi connectivity index (χ4n) is 2.11. The number of hydrogen-bond acceptors (Lipinski definition) is 4. The number of imidazole rings is 1. The number of aryl methyl sites for hydroxylation is 1. The number of carbonyl (C=O) groups is 2. The van der Waals surface area contributed by atoms with Crippen molar-refractivity contribution >= 4 is 17.6 Å². The summed E-state index contributed by atoms with van der Waals surface area (Å²) in [5, 5.41) is 2.86. The zero-order valence-corrected chi connectivity index (χ0v) is 13.4. The maximum absolute atomic E-state index is 12.2. The number of hydrogen-bond donors (Lipinski definition) is 1. The minimum Gasteiger partial charge on any atom is -0.466 e. The molecule has 1 heterocycles. The third-order valence-electron chi connectivity index (χ3n) is 3.50. The fraction of sp³-hybridized carbons (Fsp3) is 0.353. The van der Waals surface area contributed by atoms with Crippen molar-refractivity contribution in [1.82, 2.24) is 9.55 Å². The molecular weight excluding hydrogens is 294 g/mol. The van der Waals surface area contributed by atoms with Gasteiger partial charge in [-0.25, -0.2) is 4.98 Å².